The van der Waals surface area contributed by atoms with Gasteiger partial charge in [0.05, 0.1) is 0 Å². The summed E-state index contributed by atoms with van der Waals surface area (Å²) < 4.78 is 0. The van der Waals surface area contributed by atoms with Crippen molar-refractivity contribution in [2.24, 2.45) is 0 Å². The molecule has 0 aromatic rings. The number of ketones is 1. The van der Waals surface area contributed by atoms with Crippen LogP contribution in [0.1, 0.15) is 34.6 Å². The molecule has 0 aliphatic carbocycles. The molecule has 0 aromatic heterocycles. The molecule has 0 unspecified atom stereocenters. The first-order valence-electron chi connectivity index (χ1n) is 5.01. The van der Waals surface area contributed by atoms with Crippen LogP contribution >= 0.6 is 0 Å². The summed E-state index contributed by atoms with van der Waals surface area (Å²) in [4.78, 5) is 54.4. The van der Waals surface area contributed by atoms with Crippen molar-refractivity contribution in [3.05, 3.63) is 0 Å². The predicted octanol–water partition coefficient (Wildman–Crippen LogP) is -5.32. The minimum Gasteiger partial charge on any atom is -0.550 e. The molecule has 0 heterocycles. The topological polar surface area (TPSA) is 215 Å². The van der Waals surface area contributed by atoms with Gasteiger partial charge in [-0.2, -0.15) is 0 Å². The zero-order valence-corrected chi connectivity index (χ0v) is 14.6. The molecule has 0 fully saturated rings. The standard InChI is InChI=1S/C3H4O3.4C2H4O2.Ti/c1-2(4)3(5)6;4*1-2(3)4;/h1H3,(H,5,6);4*1H3,(H,3,4);/q;;;;;+4/p-4. The van der Waals surface area contributed by atoms with E-state index >= 15 is 0 Å². The number of hydrogen-bond donors (Lipinski definition) is 1. The summed E-state index contributed by atoms with van der Waals surface area (Å²) in [5.41, 5.74) is 0. The van der Waals surface area contributed by atoms with Gasteiger partial charge in [-0.15, -0.1) is 0 Å². The van der Waals surface area contributed by atoms with Gasteiger partial charge in [0.1, 0.15) is 0 Å². The molecule has 0 radical (unpaired) electrons. The Balaban J connectivity index is -0.0000000393. The Morgan fingerprint density at radius 1 is 0.565 bits per heavy atom. The fourth-order valence-corrected chi connectivity index (χ4v) is 0. The molecule has 0 atom stereocenters. The molecule has 11 nitrogen and oxygen atoms in total. The maximum absolute atomic E-state index is 9.54. The quantitative estimate of drug-likeness (QED) is 0.338. The number of carboxylic acid groups (broad SMARTS) is 5. The van der Waals surface area contributed by atoms with Crippen LogP contribution in [0.15, 0.2) is 0 Å². The van der Waals surface area contributed by atoms with Crippen LogP contribution in [0.5, 0.6) is 0 Å². The van der Waals surface area contributed by atoms with Crippen LogP contribution in [0.25, 0.3) is 0 Å². The van der Waals surface area contributed by atoms with Crippen molar-refractivity contribution in [3.8, 4) is 0 Å². The molecule has 12 heteroatoms. The van der Waals surface area contributed by atoms with E-state index in [1.807, 2.05) is 0 Å². The monoisotopic (exact) mass is 372 g/mol. The van der Waals surface area contributed by atoms with Gasteiger partial charge in [0, 0.05) is 30.8 Å². The van der Waals surface area contributed by atoms with Crippen LogP contribution in [0.3, 0.4) is 0 Å². The molecule has 1 N–H and O–H groups in total. The second-order valence-electron chi connectivity index (χ2n) is 2.83. The van der Waals surface area contributed by atoms with E-state index in [1.54, 1.807) is 0 Å². The van der Waals surface area contributed by atoms with E-state index < -0.39 is 35.6 Å². The summed E-state index contributed by atoms with van der Waals surface area (Å²) in [5.74, 6) is -6.54. The molecule has 0 aliphatic heterocycles. The summed E-state index contributed by atoms with van der Waals surface area (Å²) in [6.45, 7) is 4.89. The van der Waals surface area contributed by atoms with Gasteiger partial charge in [0.2, 0.25) is 5.78 Å². The van der Waals surface area contributed by atoms with Gasteiger partial charge >= 0.3 is 27.7 Å². The molecule has 0 saturated heterocycles. The van der Waals surface area contributed by atoms with Crippen LogP contribution in [-0.4, -0.2) is 40.7 Å². The van der Waals surface area contributed by atoms with Crippen LogP contribution < -0.4 is 20.4 Å². The zero-order valence-electron chi connectivity index (χ0n) is 13.0. The normalized spacial score (nSPS) is 6.30. The fourth-order valence-electron chi connectivity index (χ4n) is 0. The molecule has 0 aliphatic rings. The van der Waals surface area contributed by atoms with Crippen molar-refractivity contribution >= 4 is 35.6 Å². The minimum absolute atomic E-state index is 0. The zero-order chi connectivity index (χ0) is 19.5. The second-order valence-corrected chi connectivity index (χ2v) is 2.83. The number of rotatable bonds is 1. The van der Waals surface area contributed by atoms with Gasteiger partial charge in [-0.05, 0) is 27.7 Å². The molecule has 23 heavy (non-hydrogen) atoms. The molecule has 0 bridgehead atoms. The Bertz CT molecular complexity index is 300. The first-order chi connectivity index (χ1) is 9.57. The van der Waals surface area contributed by atoms with E-state index in [4.69, 9.17) is 44.7 Å². The first-order valence-corrected chi connectivity index (χ1v) is 5.01. The number of aliphatic carboxylic acids is 5. The largest absolute Gasteiger partial charge is 4.00 e. The molecular weight excluding hydrogens is 356 g/mol. The van der Waals surface area contributed by atoms with E-state index in [0.717, 1.165) is 34.6 Å². The predicted molar refractivity (Wildman–Crippen MR) is 61.0 cm³/mol. The Morgan fingerprint density at radius 3 is 0.609 bits per heavy atom. The second kappa shape index (κ2) is 28.0. The van der Waals surface area contributed by atoms with Crippen molar-refractivity contribution in [3.63, 3.8) is 0 Å². The van der Waals surface area contributed by atoms with Crippen LogP contribution in [0.4, 0.5) is 0 Å². The van der Waals surface area contributed by atoms with Gasteiger partial charge in [0.25, 0.3) is 0 Å². The Kier molecular flexibility index (Phi) is 45.2. The molecule has 0 amide bonds. The van der Waals surface area contributed by atoms with Gasteiger partial charge in [-0.1, -0.05) is 0 Å². The van der Waals surface area contributed by atoms with Crippen molar-refractivity contribution in [1.82, 2.24) is 0 Å². The van der Waals surface area contributed by atoms with Gasteiger partial charge < -0.3 is 44.7 Å². The summed E-state index contributed by atoms with van der Waals surface area (Å²) in [5, 5.41) is 43.2. The Labute approximate surface area is 146 Å². The van der Waals surface area contributed by atoms with Crippen molar-refractivity contribution in [2.75, 3.05) is 0 Å². The maximum Gasteiger partial charge on any atom is 4.00 e. The third-order valence-electron chi connectivity index (χ3n) is 0.301. The smallest absolute Gasteiger partial charge is 0.550 e. The first kappa shape index (κ1) is 37.2. The maximum atomic E-state index is 9.54. The third-order valence-corrected chi connectivity index (χ3v) is 0.301. The number of carbonyl (C=O) groups excluding carboxylic acids is 5. The molecule has 0 spiro atoms. The fraction of sp³-hybridized carbons (Fsp3) is 0.455. The number of hydrogen-bond acceptors (Lipinski definition) is 10. The van der Waals surface area contributed by atoms with Gasteiger partial charge in [-0.3, -0.25) is 4.79 Å². The van der Waals surface area contributed by atoms with Crippen molar-refractivity contribution in [2.45, 2.75) is 34.6 Å². The average molecular weight is 372 g/mol. The van der Waals surface area contributed by atoms with E-state index in [1.165, 1.54) is 0 Å². The average Bonchev–Trinajstić information content (AvgIpc) is 2.12. The number of carbonyl (C=O) groups is 6. The van der Waals surface area contributed by atoms with E-state index in [2.05, 4.69) is 0 Å². The summed E-state index contributed by atoms with van der Waals surface area (Å²) in [6.07, 6.45) is 0. The van der Waals surface area contributed by atoms with Crippen LogP contribution in [0, 0.1) is 0 Å². The van der Waals surface area contributed by atoms with E-state index in [9.17, 15) is 9.59 Å². The van der Waals surface area contributed by atoms with E-state index in [0.29, 0.717) is 0 Å². The Hall–Kier alpha value is -2.27. The van der Waals surface area contributed by atoms with Crippen LogP contribution in [-0.2, 0) is 50.5 Å². The molecule has 0 rings (SSSR count). The van der Waals surface area contributed by atoms with Crippen molar-refractivity contribution in [1.29, 1.82) is 0 Å². The Morgan fingerprint density at radius 2 is 0.609 bits per heavy atom. The van der Waals surface area contributed by atoms with Crippen molar-refractivity contribution < 1.29 is 76.0 Å². The molecule has 0 saturated carbocycles. The molecule has 130 valence electrons. The van der Waals surface area contributed by atoms with Crippen LogP contribution in [0.2, 0.25) is 0 Å². The number of Topliss-reactive ketones (excluding diaryl/α,β-unsaturated/α-hetero) is 1. The SMILES string of the molecule is CC(=O)C(=O)O.CC(=O)[O-].CC(=O)[O-].CC(=O)[O-].CC(=O)[O-].[Ti+4]. The van der Waals surface area contributed by atoms with Gasteiger partial charge in [0.15, 0.2) is 0 Å². The molecular formula is C11H16O11Ti. The summed E-state index contributed by atoms with van der Waals surface area (Å²) in [6, 6.07) is 0. The minimum atomic E-state index is -1.38. The molecule has 0 aromatic carbocycles. The summed E-state index contributed by atoms with van der Waals surface area (Å²) >= 11 is 0. The van der Waals surface area contributed by atoms with E-state index in [-0.39, 0.29) is 21.7 Å². The number of carboxylic acids is 5. The third kappa shape index (κ3) is 2060. The summed E-state index contributed by atoms with van der Waals surface area (Å²) in [7, 11) is 0. The van der Waals surface area contributed by atoms with Gasteiger partial charge in [-0.25, -0.2) is 4.79 Å².